The van der Waals surface area contributed by atoms with Gasteiger partial charge in [0.1, 0.15) is 12.2 Å². The maximum Gasteiger partial charge on any atom is 0.320 e. The molecule has 0 aliphatic carbocycles. The molecule has 3 atom stereocenters. The van der Waals surface area contributed by atoms with Crippen molar-refractivity contribution in [2.24, 2.45) is 5.92 Å². The first-order valence-electron chi connectivity index (χ1n) is 14.0. The van der Waals surface area contributed by atoms with Gasteiger partial charge in [0.15, 0.2) is 15.8 Å². The first-order chi connectivity index (χ1) is 21.4. The molecule has 0 amide bonds. The van der Waals surface area contributed by atoms with Crippen molar-refractivity contribution in [2.75, 3.05) is 27.1 Å². The second-order valence-electron chi connectivity index (χ2n) is 10.3. The Labute approximate surface area is 264 Å². The molecule has 45 heavy (non-hydrogen) atoms. The van der Waals surface area contributed by atoms with Crippen LogP contribution in [0.25, 0.3) is 0 Å². The number of benzene rings is 3. The Kier molecular flexibility index (Phi) is 13.2. The van der Waals surface area contributed by atoms with Gasteiger partial charge in [0.05, 0.1) is 50.4 Å². The van der Waals surface area contributed by atoms with Gasteiger partial charge in [0.2, 0.25) is 0 Å². The second-order valence-corrected chi connectivity index (χ2v) is 14.1. The van der Waals surface area contributed by atoms with Crippen molar-refractivity contribution >= 4 is 31.9 Å². The molecule has 11 nitrogen and oxygen atoms in total. The Morgan fingerprint density at radius 1 is 0.711 bits per heavy atom. The first-order valence-corrected chi connectivity index (χ1v) is 17.3. The fraction of sp³-hybridized carbons (Fsp3) is 0.375. The van der Waals surface area contributed by atoms with E-state index in [0.29, 0.717) is 11.1 Å². The van der Waals surface area contributed by atoms with Crippen molar-refractivity contribution in [2.45, 2.75) is 48.9 Å². The maximum atomic E-state index is 14.4. The Hall–Kier alpha value is -3.62. The number of carbonyl (C=O) groups excluding carboxylic acids is 2. The van der Waals surface area contributed by atoms with Gasteiger partial charge >= 0.3 is 11.9 Å². The number of aryl methyl sites for hydroxylation is 1. The van der Waals surface area contributed by atoms with E-state index in [9.17, 15) is 26.4 Å². The standard InChI is InChI=1S/C32H38O11S2/c1-23-15-17-26(18-16-23)45(37,38)29(19-27(31(33)39-2)32(34)40-3)30(42-21-25-13-9-6-10-14-25)28(22-43-44(4,35)36)41-20-24-11-7-5-8-12-24/h5-18,27-30H,19-22H2,1-4H3/t28-,29+,30-/m1/s1. The molecule has 0 aromatic heterocycles. The largest absolute Gasteiger partial charge is 0.468 e. The van der Waals surface area contributed by atoms with E-state index in [1.807, 2.05) is 6.07 Å². The minimum Gasteiger partial charge on any atom is -0.468 e. The average Bonchev–Trinajstić information content (AvgIpc) is 3.03. The minimum atomic E-state index is -4.41. The van der Waals surface area contributed by atoms with Gasteiger partial charge in [-0.2, -0.15) is 8.42 Å². The van der Waals surface area contributed by atoms with E-state index in [4.69, 9.17) is 23.1 Å². The number of carbonyl (C=O) groups is 2. The maximum absolute atomic E-state index is 14.4. The van der Waals surface area contributed by atoms with Crippen LogP contribution in [0, 0.1) is 12.8 Å². The van der Waals surface area contributed by atoms with Crippen LogP contribution in [0.5, 0.6) is 0 Å². The summed E-state index contributed by atoms with van der Waals surface area (Å²) in [7, 11) is -6.29. The van der Waals surface area contributed by atoms with Crippen molar-refractivity contribution < 1.29 is 49.6 Å². The van der Waals surface area contributed by atoms with Gasteiger partial charge in [-0.15, -0.1) is 0 Å². The lowest BCUT2D eigenvalue weighted by molar-refractivity contribution is -0.160. The molecule has 0 aliphatic rings. The molecule has 0 heterocycles. The molecule has 0 fully saturated rings. The molecule has 3 rings (SSSR count). The highest BCUT2D eigenvalue weighted by atomic mass is 32.2. The zero-order valence-corrected chi connectivity index (χ0v) is 27.2. The summed E-state index contributed by atoms with van der Waals surface area (Å²) in [5.74, 6) is -3.68. The third-order valence-corrected chi connectivity index (χ3v) is 9.71. The zero-order valence-electron chi connectivity index (χ0n) is 25.5. The first kappa shape index (κ1) is 35.9. The van der Waals surface area contributed by atoms with E-state index < -0.39 is 68.3 Å². The molecule has 13 heteroatoms. The monoisotopic (exact) mass is 662 g/mol. The van der Waals surface area contributed by atoms with Crippen LogP contribution in [0.15, 0.2) is 89.8 Å². The molecule has 0 radical (unpaired) electrons. The van der Waals surface area contributed by atoms with E-state index in [0.717, 1.165) is 26.0 Å². The fourth-order valence-corrected chi connectivity index (χ4v) is 6.87. The third-order valence-electron chi connectivity index (χ3n) is 6.96. The Balaban J connectivity index is 2.19. The number of hydrogen-bond donors (Lipinski definition) is 0. The summed E-state index contributed by atoms with van der Waals surface area (Å²) in [5.41, 5.74) is 2.19. The molecule has 0 bridgehead atoms. The Morgan fingerprint density at radius 3 is 1.67 bits per heavy atom. The highest BCUT2D eigenvalue weighted by Crippen LogP contribution is 2.31. The summed E-state index contributed by atoms with van der Waals surface area (Å²) in [6.45, 7) is 1.00. The highest BCUT2D eigenvalue weighted by molar-refractivity contribution is 7.92. The van der Waals surface area contributed by atoms with Crippen molar-refractivity contribution in [3.8, 4) is 0 Å². The molecular formula is C32H38O11S2. The van der Waals surface area contributed by atoms with Gasteiger partial charge in [-0.1, -0.05) is 78.4 Å². The molecule has 0 N–H and O–H groups in total. The normalized spacial score (nSPS) is 14.0. The van der Waals surface area contributed by atoms with Crippen molar-refractivity contribution in [3.63, 3.8) is 0 Å². The molecule has 0 unspecified atom stereocenters. The summed E-state index contributed by atoms with van der Waals surface area (Å²) in [6.07, 6.45) is -2.55. The summed E-state index contributed by atoms with van der Waals surface area (Å²) in [6, 6.07) is 23.8. The summed E-state index contributed by atoms with van der Waals surface area (Å²) in [5, 5.41) is -1.64. The smallest absolute Gasteiger partial charge is 0.320 e. The lowest BCUT2D eigenvalue weighted by atomic mass is 9.97. The van der Waals surface area contributed by atoms with Gasteiger partial charge in [-0.05, 0) is 36.6 Å². The lowest BCUT2D eigenvalue weighted by Crippen LogP contribution is -2.49. The van der Waals surface area contributed by atoms with Crippen molar-refractivity contribution in [1.29, 1.82) is 0 Å². The van der Waals surface area contributed by atoms with Gasteiger partial charge < -0.3 is 18.9 Å². The van der Waals surface area contributed by atoms with Gasteiger partial charge in [0.25, 0.3) is 10.1 Å². The highest BCUT2D eigenvalue weighted by Gasteiger charge is 2.46. The number of methoxy groups -OCH3 is 2. The fourth-order valence-electron chi connectivity index (χ4n) is 4.57. The quantitative estimate of drug-likeness (QED) is 0.119. The van der Waals surface area contributed by atoms with Crippen LogP contribution >= 0.6 is 0 Å². The number of rotatable bonds is 17. The van der Waals surface area contributed by atoms with Gasteiger partial charge in [0, 0.05) is 0 Å². The number of sulfone groups is 1. The average molecular weight is 663 g/mol. The van der Waals surface area contributed by atoms with Gasteiger partial charge in [-0.3, -0.25) is 13.8 Å². The molecule has 3 aromatic rings. The van der Waals surface area contributed by atoms with Crippen LogP contribution in [0.3, 0.4) is 0 Å². The molecule has 0 aliphatic heterocycles. The Morgan fingerprint density at radius 2 is 1.20 bits per heavy atom. The number of ether oxygens (including phenoxy) is 4. The predicted molar refractivity (Wildman–Crippen MR) is 165 cm³/mol. The van der Waals surface area contributed by atoms with Crippen LogP contribution in [-0.2, 0) is 65.9 Å². The summed E-state index contributed by atoms with van der Waals surface area (Å²) in [4.78, 5) is 25.5. The third kappa shape index (κ3) is 10.8. The van der Waals surface area contributed by atoms with Gasteiger partial charge in [-0.25, -0.2) is 8.42 Å². The zero-order chi connectivity index (χ0) is 33.0. The second kappa shape index (κ2) is 16.6. The molecule has 0 saturated heterocycles. The van der Waals surface area contributed by atoms with E-state index in [1.54, 1.807) is 73.7 Å². The Bertz CT molecular complexity index is 1580. The molecular weight excluding hydrogens is 624 g/mol. The van der Waals surface area contributed by atoms with E-state index >= 15 is 0 Å². The van der Waals surface area contributed by atoms with Crippen molar-refractivity contribution in [3.05, 3.63) is 102 Å². The summed E-state index contributed by atoms with van der Waals surface area (Å²) >= 11 is 0. The van der Waals surface area contributed by atoms with E-state index in [-0.39, 0.29) is 18.1 Å². The lowest BCUT2D eigenvalue weighted by Gasteiger charge is -2.34. The van der Waals surface area contributed by atoms with Crippen LogP contribution in [-0.4, -0.2) is 73.3 Å². The molecule has 0 spiro atoms. The number of esters is 2. The molecule has 3 aromatic carbocycles. The van der Waals surface area contributed by atoms with Crippen LogP contribution < -0.4 is 0 Å². The van der Waals surface area contributed by atoms with Crippen molar-refractivity contribution in [1.82, 2.24) is 0 Å². The SMILES string of the molecule is COC(=O)C(C[C@@H]([C@H](OCc1ccccc1)[C@@H](COS(C)(=O)=O)OCc1ccccc1)S(=O)(=O)c1ccc(C)cc1)C(=O)OC. The topological polar surface area (TPSA) is 149 Å². The van der Waals surface area contributed by atoms with E-state index in [1.165, 1.54) is 12.1 Å². The van der Waals surface area contributed by atoms with Crippen LogP contribution in [0.2, 0.25) is 0 Å². The van der Waals surface area contributed by atoms with Crippen LogP contribution in [0.4, 0.5) is 0 Å². The minimum absolute atomic E-state index is 0.0570. The summed E-state index contributed by atoms with van der Waals surface area (Å²) < 4.78 is 80.3. The number of hydrogen-bond acceptors (Lipinski definition) is 11. The van der Waals surface area contributed by atoms with Crippen LogP contribution in [0.1, 0.15) is 23.1 Å². The van der Waals surface area contributed by atoms with E-state index in [2.05, 4.69) is 0 Å². The molecule has 0 saturated carbocycles. The molecule has 244 valence electrons. The predicted octanol–water partition coefficient (Wildman–Crippen LogP) is 3.64.